The number of hydrogen-bond acceptors (Lipinski definition) is 4. The van der Waals surface area contributed by atoms with E-state index < -0.39 is 10.8 Å². The van der Waals surface area contributed by atoms with Gasteiger partial charge in [-0.05, 0) is 99.2 Å². The van der Waals surface area contributed by atoms with Crippen LogP contribution in [0.4, 0.5) is 0 Å². The highest BCUT2D eigenvalue weighted by molar-refractivity contribution is 5.63. The second-order valence-corrected chi connectivity index (χ2v) is 11.9. The molecule has 4 N–H and O–H groups in total. The molecule has 0 saturated carbocycles. The molecule has 0 saturated heterocycles. The van der Waals surface area contributed by atoms with E-state index in [0.717, 1.165) is 33.4 Å². The van der Waals surface area contributed by atoms with Gasteiger partial charge in [-0.15, -0.1) is 0 Å². The second kappa shape index (κ2) is 10.6. The Morgan fingerprint density at radius 2 is 0.643 bits per heavy atom. The topological polar surface area (TPSA) is 80.9 Å². The number of phenolic OH excluding ortho intramolecular Hbond substituents is 4. The molecule has 0 radical (unpaired) electrons. The zero-order valence-corrected chi connectivity index (χ0v) is 25.0. The zero-order chi connectivity index (χ0) is 30.4. The minimum Gasteiger partial charge on any atom is -0.508 e. The van der Waals surface area contributed by atoms with E-state index in [1.165, 1.54) is 0 Å². The molecule has 4 heteroatoms. The van der Waals surface area contributed by atoms with Crippen molar-refractivity contribution in [1.82, 2.24) is 0 Å². The van der Waals surface area contributed by atoms with Crippen molar-refractivity contribution in [3.63, 3.8) is 0 Å². The Balaban J connectivity index is 1.84. The Morgan fingerprint density at radius 1 is 0.381 bits per heavy atom. The fraction of sp³-hybridized carbons (Fsp3) is 0.211. The summed E-state index contributed by atoms with van der Waals surface area (Å²) in [5, 5.41) is 45.0. The lowest BCUT2D eigenvalue weighted by Crippen LogP contribution is -2.29. The summed E-state index contributed by atoms with van der Waals surface area (Å²) in [7, 11) is 0. The summed E-state index contributed by atoms with van der Waals surface area (Å²) in [6.45, 7) is 11.7. The number of rotatable bonds is 6. The maximum absolute atomic E-state index is 11.3. The minimum absolute atomic E-state index is 0.137. The fourth-order valence-corrected chi connectivity index (χ4v) is 6.31. The average molecular weight is 559 g/mol. The third kappa shape index (κ3) is 4.77. The lowest BCUT2D eigenvalue weighted by atomic mass is 9.66. The van der Waals surface area contributed by atoms with Gasteiger partial charge in [-0.25, -0.2) is 0 Å². The Kier molecular flexibility index (Phi) is 7.28. The highest BCUT2D eigenvalue weighted by Crippen LogP contribution is 2.50. The standard InChI is InChI=1S/C38H38O4/c1-23-10-14-29(33(39)18-23)37(5,30-15-11-24(2)19-34(30)40)27-8-7-9-28(22-27)38(6,31-16-12-25(3)20-35(31)41)32-17-13-26(4)21-36(32)42/h7-22,39-42H,1-6H3. The van der Waals surface area contributed by atoms with Crippen molar-refractivity contribution in [2.45, 2.75) is 52.4 Å². The molecule has 0 aromatic heterocycles. The maximum Gasteiger partial charge on any atom is 0.120 e. The van der Waals surface area contributed by atoms with Crippen LogP contribution in [0.3, 0.4) is 0 Å². The zero-order valence-electron chi connectivity index (χ0n) is 25.0. The Bertz CT molecular complexity index is 1570. The first-order valence-electron chi connectivity index (χ1n) is 14.2. The van der Waals surface area contributed by atoms with Gasteiger partial charge in [0.25, 0.3) is 0 Å². The Morgan fingerprint density at radius 3 is 0.881 bits per heavy atom. The molecule has 4 nitrogen and oxygen atoms in total. The summed E-state index contributed by atoms with van der Waals surface area (Å²) in [5.74, 6) is 0.548. The third-order valence-corrected chi connectivity index (χ3v) is 8.78. The molecule has 0 bridgehead atoms. The normalized spacial score (nSPS) is 12.0. The molecule has 0 fully saturated rings. The van der Waals surface area contributed by atoms with Crippen LogP contribution in [0.5, 0.6) is 23.0 Å². The van der Waals surface area contributed by atoms with Gasteiger partial charge in [0, 0.05) is 33.1 Å². The molecule has 0 amide bonds. The number of phenols is 4. The predicted octanol–water partition coefficient (Wildman–Crippen LogP) is 8.45. The van der Waals surface area contributed by atoms with Gasteiger partial charge in [0.15, 0.2) is 0 Å². The number of benzene rings is 5. The summed E-state index contributed by atoms with van der Waals surface area (Å²) in [4.78, 5) is 0. The average Bonchev–Trinajstić information content (AvgIpc) is 2.92. The predicted molar refractivity (Wildman–Crippen MR) is 169 cm³/mol. The first-order chi connectivity index (χ1) is 19.8. The van der Waals surface area contributed by atoms with Crippen LogP contribution in [-0.2, 0) is 10.8 Å². The van der Waals surface area contributed by atoms with Crippen molar-refractivity contribution < 1.29 is 20.4 Å². The van der Waals surface area contributed by atoms with Crippen LogP contribution in [0.25, 0.3) is 0 Å². The molecular weight excluding hydrogens is 520 g/mol. The SMILES string of the molecule is Cc1ccc(C(C)(c2cccc(C(C)(c3ccc(C)cc3O)c3ccc(C)cc3O)c2)c2ccc(C)cc2O)c(O)c1. The Hall–Kier alpha value is -4.70. The largest absolute Gasteiger partial charge is 0.508 e. The van der Waals surface area contributed by atoms with E-state index in [-0.39, 0.29) is 23.0 Å². The summed E-state index contributed by atoms with van der Waals surface area (Å²) in [6, 6.07) is 30.4. The van der Waals surface area contributed by atoms with E-state index >= 15 is 0 Å². The van der Waals surface area contributed by atoms with Crippen molar-refractivity contribution in [3.05, 3.63) is 153 Å². The quantitative estimate of drug-likeness (QED) is 0.158. The molecule has 0 atom stereocenters. The van der Waals surface area contributed by atoms with Crippen LogP contribution in [0.1, 0.15) is 69.5 Å². The van der Waals surface area contributed by atoms with Gasteiger partial charge in [-0.3, -0.25) is 0 Å². The lowest BCUT2D eigenvalue weighted by Gasteiger charge is -2.36. The van der Waals surface area contributed by atoms with Crippen LogP contribution in [-0.4, -0.2) is 20.4 Å². The summed E-state index contributed by atoms with van der Waals surface area (Å²) in [5.41, 5.74) is 6.11. The van der Waals surface area contributed by atoms with E-state index in [4.69, 9.17) is 0 Å². The number of aryl methyl sites for hydroxylation is 4. The van der Waals surface area contributed by atoms with E-state index in [9.17, 15) is 20.4 Å². The van der Waals surface area contributed by atoms with Gasteiger partial charge >= 0.3 is 0 Å². The van der Waals surface area contributed by atoms with Crippen LogP contribution in [0.15, 0.2) is 97.1 Å². The van der Waals surface area contributed by atoms with Crippen LogP contribution in [0.2, 0.25) is 0 Å². The molecule has 0 unspecified atom stereocenters. The smallest absolute Gasteiger partial charge is 0.120 e. The second-order valence-electron chi connectivity index (χ2n) is 11.9. The van der Waals surface area contributed by atoms with Gasteiger partial charge in [-0.1, -0.05) is 72.8 Å². The van der Waals surface area contributed by atoms with Crippen molar-refractivity contribution in [2.24, 2.45) is 0 Å². The van der Waals surface area contributed by atoms with Gasteiger partial charge in [-0.2, -0.15) is 0 Å². The third-order valence-electron chi connectivity index (χ3n) is 8.78. The minimum atomic E-state index is -0.947. The van der Waals surface area contributed by atoms with E-state index in [0.29, 0.717) is 22.3 Å². The summed E-state index contributed by atoms with van der Waals surface area (Å²) in [6.07, 6.45) is 0. The monoisotopic (exact) mass is 558 g/mol. The molecule has 5 aromatic carbocycles. The molecule has 42 heavy (non-hydrogen) atoms. The van der Waals surface area contributed by atoms with Gasteiger partial charge < -0.3 is 20.4 Å². The maximum atomic E-state index is 11.3. The molecule has 214 valence electrons. The molecule has 5 aromatic rings. The molecule has 0 spiro atoms. The van der Waals surface area contributed by atoms with Crippen LogP contribution >= 0.6 is 0 Å². The van der Waals surface area contributed by atoms with Crippen LogP contribution in [0, 0.1) is 27.7 Å². The summed E-state index contributed by atoms with van der Waals surface area (Å²) >= 11 is 0. The molecule has 0 aliphatic carbocycles. The molecule has 0 aliphatic rings. The number of hydrogen-bond donors (Lipinski definition) is 4. The lowest BCUT2D eigenvalue weighted by molar-refractivity contribution is 0.440. The van der Waals surface area contributed by atoms with E-state index in [2.05, 4.69) is 6.07 Å². The first kappa shape index (κ1) is 28.8. The molecule has 0 heterocycles. The summed E-state index contributed by atoms with van der Waals surface area (Å²) < 4.78 is 0. The van der Waals surface area contributed by atoms with Crippen molar-refractivity contribution >= 4 is 0 Å². The molecular formula is C38H38O4. The van der Waals surface area contributed by atoms with Crippen molar-refractivity contribution in [2.75, 3.05) is 0 Å². The van der Waals surface area contributed by atoms with Gasteiger partial charge in [0.1, 0.15) is 23.0 Å². The van der Waals surface area contributed by atoms with Crippen molar-refractivity contribution in [1.29, 1.82) is 0 Å². The van der Waals surface area contributed by atoms with Gasteiger partial charge in [0.2, 0.25) is 0 Å². The fourth-order valence-electron chi connectivity index (χ4n) is 6.31. The van der Waals surface area contributed by atoms with Crippen molar-refractivity contribution in [3.8, 4) is 23.0 Å². The highest BCUT2D eigenvalue weighted by Gasteiger charge is 2.40. The van der Waals surface area contributed by atoms with Crippen LogP contribution < -0.4 is 0 Å². The van der Waals surface area contributed by atoms with E-state index in [1.54, 1.807) is 24.3 Å². The van der Waals surface area contributed by atoms with Gasteiger partial charge in [0.05, 0.1) is 0 Å². The molecule has 5 rings (SSSR count). The molecule has 0 aliphatic heterocycles. The first-order valence-corrected chi connectivity index (χ1v) is 14.2. The van der Waals surface area contributed by atoms with E-state index in [1.807, 2.05) is 108 Å². The Labute approximate surface area is 248 Å². The highest BCUT2D eigenvalue weighted by atomic mass is 16.3. The number of aromatic hydroxyl groups is 4.